The third-order valence-corrected chi connectivity index (χ3v) is 6.32. The van der Waals surface area contributed by atoms with Crippen LogP contribution in [0, 0.1) is 0 Å². The number of amides is 1. The molecule has 0 radical (unpaired) electrons. The number of sulfonamides is 1. The van der Waals surface area contributed by atoms with Gasteiger partial charge < -0.3 is 14.5 Å². The van der Waals surface area contributed by atoms with Crippen molar-refractivity contribution >= 4 is 15.9 Å². The van der Waals surface area contributed by atoms with Crippen LogP contribution in [0.4, 0.5) is 0 Å². The molecule has 22 heavy (non-hydrogen) atoms. The molecule has 2 unspecified atom stereocenters. The maximum Gasteiger partial charge on any atom is 0.224 e. The highest BCUT2D eigenvalue weighted by molar-refractivity contribution is 7.89. The Morgan fingerprint density at radius 3 is 2.50 bits per heavy atom. The highest BCUT2D eigenvalue weighted by Gasteiger charge is 2.40. The van der Waals surface area contributed by atoms with Gasteiger partial charge in [0.05, 0.1) is 6.10 Å². The van der Waals surface area contributed by atoms with Gasteiger partial charge in [0.25, 0.3) is 0 Å². The largest absolute Gasteiger partial charge is 0.377 e. The Morgan fingerprint density at radius 2 is 1.95 bits per heavy atom. The number of ether oxygens (including phenoxy) is 1. The molecule has 3 fully saturated rings. The zero-order valence-corrected chi connectivity index (χ0v) is 13.6. The molecule has 0 bridgehead atoms. The second-order valence-electron chi connectivity index (χ2n) is 6.63. The average molecular weight is 331 g/mol. The SMILES string of the molecule is NS(=O)(=O)C1CC(=O)N(C2CCN(CC3CCCO3)CC2)C1. The summed E-state index contributed by atoms with van der Waals surface area (Å²) in [5, 5.41) is 4.45. The van der Waals surface area contributed by atoms with Gasteiger partial charge in [0, 0.05) is 45.2 Å². The fraction of sp³-hybridized carbons (Fsp3) is 0.929. The number of carbonyl (C=O) groups excluding carboxylic acids is 1. The van der Waals surface area contributed by atoms with Gasteiger partial charge in [-0.2, -0.15) is 0 Å². The summed E-state index contributed by atoms with van der Waals surface area (Å²) in [6.07, 6.45) is 4.48. The predicted octanol–water partition coefficient (Wildman–Crippen LogP) is -0.481. The molecule has 2 atom stereocenters. The molecule has 3 heterocycles. The number of rotatable bonds is 4. The maximum absolute atomic E-state index is 12.1. The van der Waals surface area contributed by atoms with Crippen LogP contribution < -0.4 is 5.14 Å². The fourth-order valence-electron chi connectivity index (χ4n) is 3.76. The van der Waals surface area contributed by atoms with Gasteiger partial charge in [0.15, 0.2) is 0 Å². The summed E-state index contributed by atoms with van der Waals surface area (Å²) in [6.45, 7) is 3.98. The van der Waals surface area contributed by atoms with Crippen molar-refractivity contribution in [3.8, 4) is 0 Å². The summed E-state index contributed by atoms with van der Waals surface area (Å²) in [5.41, 5.74) is 0. The minimum atomic E-state index is -3.62. The molecule has 0 aromatic rings. The van der Waals surface area contributed by atoms with E-state index >= 15 is 0 Å². The number of primary sulfonamides is 1. The van der Waals surface area contributed by atoms with Gasteiger partial charge in [-0.05, 0) is 25.7 Å². The minimum absolute atomic E-state index is 0.0367. The molecule has 0 spiro atoms. The van der Waals surface area contributed by atoms with Gasteiger partial charge in [-0.1, -0.05) is 0 Å². The normalized spacial score (nSPS) is 32.0. The molecule has 3 saturated heterocycles. The lowest BCUT2D eigenvalue weighted by atomic mass is 10.0. The van der Waals surface area contributed by atoms with E-state index in [1.807, 2.05) is 0 Å². The molecule has 3 aliphatic rings. The topological polar surface area (TPSA) is 92.9 Å². The smallest absolute Gasteiger partial charge is 0.224 e. The molecule has 0 aromatic carbocycles. The van der Waals surface area contributed by atoms with Gasteiger partial charge in [-0.25, -0.2) is 13.6 Å². The summed E-state index contributed by atoms with van der Waals surface area (Å²) in [6, 6.07) is 0.153. The summed E-state index contributed by atoms with van der Waals surface area (Å²) >= 11 is 0. The van der Waals surface area contributed by atoms with Gasteiger partial charge >= 0.3 is 0 Å². The third kappa shape index (κ3) is 3.61. The van der Waals surface area contributed by atoms with Crippen molar-refractivity contribution in [3.63, 3.8) is 0 Å². The van der Waals surface area contributed by atoms with Crippen molar-refractivity contribution < 1.29 is 17.9 Å². The van der Waals surface area contributed by atoms with E-state index in [1.165, 1.54) is 0 Å². The third-order valence-electron chi connectivity index (χ3n) is 5.07. The highest BCUT2D eigenvalue weighted by Crippen LogP contribution is 2.25. The molecule has 126 valence electrons. The molecule has 0 saturated carbocycles. The van der Waals surface area contributed by atoms with Crippen molar-refractivity contribution in [2.75, 3.05) is 32.8 Å². The molecule has 0 aliphatic carbocycles. The number of carbonyl (C=O) groups is 1. The summed E-state index contributed by atoms with van der Waals surface area (Å²) in [5.74, 6) is -0.0726. The van der Waals surface area contributed by atoms with E-state index in [0.29, 0.717) is 6.10 Å². The first kappa shape index (κ1) is 16.2. The lowest BCUT2D eigenvalue weighted by Crippen LogP contribution is -2.47. The van der Waals surface area contributed by atoms with Crippen LogP contribution >= 0.6 is 0 Å². The van der Waals surface area contributed by atoms with Gasteiger partial charge in [-0.3, -0.25) is 4.79 Å². The van der Waals surface area contributed by atoms with E-state index in [9.17, 15) is 13.2 Å². The van der Waals surface area contributed by atoms with E-state index in [0.717, 1.165) is 51.9 Å². The van der Waals surface area contributed by atoms with Crippen molar-refractivity contribution in [2.45, 2.75) is 49.5 Å². The lowest BCUT2D eigenvalue weighted by Gasteiger charge is -2.37. The van der Waals surface area contributed by atoms with E-state index < -0.39 is 15.3 Å². The molecular formula is C14H25N3O4S. The molecular weight excluding hydrogens is 306 g/mol. The van der Waals surface area contributed by atoms with Crippen molar-refractivity contribution in [2.24, 2.45) is 5.14 Å². The van der Waals surface area contributed by atoms with Gasteiger partial charge in [0.2, 0.25) is 15.9 Å². The molecule has 3 aliphatic heterocycles. The molecule has 3 rings (SSSR count). The Kier molecular flexibility index (Phi) is 4.72. The van der Waals surface area contributed by atoms with Crippen LogP contribution in [0.1, 0.15) is 32.1 Å². The second kappa shape index (κ2) is 6.43. The maximum atomic E-state index is 12.1. The number of nitrogens with zero attached hydrogens (tertiary/aromatic N) is 2. The number of nitrogens with two attached hydrogens (primary N) is 1. The Labute approximate surface area is 131 Å². The molecule has 0 aromatic heterocycles. The second-order valence-corrected chi connectivity index (χ2v) is 8.47. The van der Waals surface area contributed by atoms with Crippen LogP contribution in [0.15, 0.2) is 0 Å². The van der Waals surface area contributed by atoms with Crippen molar-refractivity contribution in [1.82, 2.24) is 9.80 Å². The van der Waals surface area contributed by atoms with Crippen LogP contribution in [0.2, 0.25) is 0 Å². The molecule has 8 heteroatoms. The standard InChI is InChI=1S/C14H25N3O4S/c15-22(19,20)13-8-14(18)17(10-13)11-3-5-16(6-4-11)9-12-2-1-7-21-12/h11-13H,1-10H2,(H2,15,19,20). The first-order valence-corrected chi connectivity index (χ1v) is 9.69. The monoisotopic (exact) mass is 331 g/mol. The summed E-state index contributed by atoms with van der Waals surface area (Å²) < 4.78 is 28.5. The molecule has 1 amide bonds. The van der Waals surface area contributed by atoms with E-state index in [-0.39, 0.29) is 24.9 Å². The van der Waals surface area contributed by atoms with Crippen LogP contribution in [0.5, 0.6) is 0 Å². The number of hydrogen-bond acceptors (Lipinski definition) is 5. The summed E-state index contributed by atoms with van der Waals surface area (Å²) in [4.78, 5) is 16.2. The van der Waals surface area contributed by atoms with Crippen molar-refractivity contribution in [1.29, 1.82) is 0 Å². The van der Waals surface area contributed by atoms with Crippen LogP contribution in [0.25, 0.3) is 0 Å². The Hall–Kier alpha value is -0.700. The van der Waals surface area contributed by atoms with E-state index in [4.69, 9.17) is 9.88 Å². The minimum Gasteiger partial charge on any atom is -0.377 e. The quantitative estimate of drug-likeness (QED) is 0.751. The number of hydrogen-bond donors (Lipinski definition) is 1. The first-order valence-electron chi connectivity index (χ1n) is 8.08. The summed E-state index contributed by atoms with van der Waals surface area (Å²) in [7, 11) is -3.62. The first-order chi connectivity index (χ1) is 10.4. The van der Waals surface area contributed by atoms with Crippen LogP contribution in [-0.2, 0) is 19.6 Å². The zero-order valence-electron chi connectivity index (χ0n) is 12.8. The van der Waals surface area contributed by atoms with Gasteiger partial charge in [0.1, 0.15) is 5.25 Å². The fourth-order valence-corrected chi connectivity index (χ4v) is 4.50. The zero-order chi connectivity index (χ0) is 15.7. The average Bonchev–Trinajstić information content (AvgIpc) is 3.09. The van der Waals surface area contributed by atoms with Gasteiger partial charge in [-0.15, -0.1) is 0 Å². The van der Waals surface area contributed by atoms with E-state index in [2.05, 4.69) is 4.90 Å². The number of likely N-dealkylation sites (tertiary alicyclic amines) is 2. The number of piperidine rings is 1. The Balaban J connectivity index is 1.50. The lowest BCUT2D eigenvalue weighted by molar-refractivity contribution is -0.130. The Morgan fingerprint density at radius 1 is 1.23 bits per heavy atom. The van der Waals surface area contributed by atoms with Crippen molar-refractivity contribution in [3.05, 3.63) is 0 Å². The molecule has 7 nitrogen and oxygen atoms in total. The Bertz CT molecular complexity index is 510. The molecule has 2 N–H and O–H groups in total. The predicted molar refractivity (Wildman–Crippen MR) is 81.7 cm³/mol. The van der Waals surface area contributed by atoms with Crippen LogP contribution in [0.3, 0.4) is 0 Å². The van der Waals surface area contributed by atoms with Crippen LogP contribution in [-0.4, -0.2) is 74.3 Å². The van der Waals surface area contributed by atoms with E-state index in [1.54, 1.807) is 4.90 Å². The highest BCUT2D eigenvalue weighted by atomic mass is 32.2.